The van der Waals surface area contributed by atoms with Crippen LogP contribution in [0.1, 0.15) is 30.5 Å². The van der Waals surface area contributed by atoms with Crippen molar-refractivity contribution in [2.24, 2.45) is 0 Å². The summed E-state index contributed by atoms with van der Waals surface area (Å²) in [5.41, 5.74) is 0.887. The second kappa shape index (κ2) is 7.40. The zero-order valence-corrected chi connectivity index (χ0v) is 14.3. The third kappa shape index (κ3) is 4.19. The molecule has 0 fully saturated rings. The third-order valence-electron chi connectivity index (χ3n) is 3.61. The van der Waals surface area contributed by atoms with E-state index in [4.69, 9.17) is 4.74 Å². The van der Waals surface area contributed by atoms with Crippen LogP contribution in [-0.2, 0) is 0 Å². The molecule has 0 aliphatic carbocycles. The second-order valence-electron chi connectivity index (χ2n) is 5.48. The first-order valence-corrected chi connectivity index (χ1v) is 8.47. The fourth-order valence-corrected chi connectivity index (χ4v) is 3.07. The van der Waals surface area contributed by atoms with Gasteiger partial charge in [0.15, 0.2) is 12.4 Å². The molecule has 3 rings (SSSR count). The highest BCUT2D eigenvalue weighted by atomic mass is 32.1. The lowest BCUT2D eigenvalue weighted by molar-refractivity contribution is 0.0924. The monoisotopic (exact) mass is 354 g/mol. The van der Waals surface area contributed by atoms with E-state index in [2.05, 4.69) is 0 Å². The van der Waals surface area contributed by atoms with E-state index >= 15 is 0 Å². The van der Waals surface area contributed by atoms with Crippen LogP contribution in [0, 0.1) is 12.7 Å². The van der Waals surface area contributed by atoms with Crippen LogP contribution in [-0.4, -0.2) is 18.2 Å². The third-order valence-corrected chi connectivity index (χ3v) is 4.65. The number of thiophene rings is 1. The fraction of sp³-hybridized carbons (Fsp3) is 0.100. The molecule has 0 aliphatic heterocycles. The Hall–Kier alpha value is -2.79. The summed E-state index contributed by atoms with van der Waals surface area (Å²) in [5.74, 6) is -0.149. The molecule has 0 amide bonds. The highest BCUT2D eigenvalue weighted by molar-refractivity contribution is 7.14. The van der Waals surface area contributed by atoms with Gasteiger partial charge in [-0.05, 0) is 67.6 Å². The molecule has 0 saturated carbocycles. The molecule has 2 aromatic carbocycles. The van der Waals surface area contributed by atoms with Crippen LogP contribution in [0.15, 0.2) is 60.7 Å². The van der Waals surface area contributed by atoms with E-state index in [1.807, 2.05) is 13.0 Å². The zero-order chi connectivity index (χ0) is 17.8. The number of hydrogen-bond donors (Lipinski definition) is 0. The number of halogens is 1. The SMILES string of the molecule is Cc1ccc(C(=O)COc2ccc(C(=O)c3ccc(F)cc3)cc2)s1. The summed E-state index contributed by atoms with van der Waals surface area (Å²) in [4.78, 5) is 26.1. The number of hydrogen-bond acceptors (Lipinski definition) is 4. The van der Waals surface area contributed by atoms with Crippen LogP contribution in [0.25, 0.3) is 0 Å². The topological polar surface area (TPSA) is 43.4 Å². The van der Waals surface area contributed by atoms with Gasteiger partial charge < -0.3 is 4.74 Å². The van der Waals surface area contributed by atoms with Gasteiger partial charge in [-0.15, -0.1) is 11.3 Å². The quantitative estimate of drug-likeness (QED) is 0.603. The Balaban J connectivity index is 1.63. The minimum Gasteiger partial charge on any atom is -0.485 e. The molecule has 25 heavy (non-hydrogen) atoms. The molecule has 126 valence electrons. The van der Waals surface area contributed by atoms with Crippen molar-refractivity contribution in [3.8, 4) is 5.75 Å². The number of aryl methyl sites for hydroxylation is 1. The molecule has 3 nitrogen and oxygen atoms in total. The maximum absolute atomic E-state index is 12.9. The van der Waals surface area contributed by atoms with Gasteiger partial charge in [-0.2, -0.15) is 0 Å². The summed E-state index contributed by atoms with van der Waals surface area (Å²) in [6, 6.07) is 15.6. The van der Waals surface area contributed by atoms with Crippen molar-refractivity contribution in [1.82, 2.24) is 0 Å². The predicted molar refractivity (Wildman–Crippen MR) is 95.2 cm³/mol. The Bertz CT molecular complexity index is 895. The maximum atomic E-state index is 12.9. The van der Waals surface area contributed by atoms with E-state index in [1.54, 1.807) is 30.3 Å². The lowest BCUT2D eigenvalue weighted by Gasteiger charge is -2.06. The minimum absolute atomic E-state index is 0.0504. The lowest BCUT2D eigenvalue weighted by atomic mass is 10.0. The highest BCUT2D eigenvalue weighted by Crippen LogP contribution is 2.18. The van der Waals surface area contributed by atoms with Crippen molar-refractivity contribution >= 4 is 22.9 Å². The predicted octanol–water partition coefficient (Wildman–Crippen LogP) is 4.69. The summed E-state index contributed by atoms with van der Waals surface area (Å²) >= 11 is 1.44. The molecule has 0 atom stereocenters. The lowest BCUT2D eigenvalue weighted by Crippen LogP contribution is -2.10. The van der Waals surface area contributed by atoms with Crippen LogP contribution in [0.5, 0.6) is 5.75 Å². The van der Waals surface area contributed by atoms with E-state index in [0.29, 0.717) is 21.8 Å². The largest absolute Gasteiger partial charge is 0.485 e. The first-order chi connectivity index (χ1) is 12.0. The average Bonchev–Trinajstić information content (AvgIpc) is 3.07. The first-order valence-electron chi connectivity index (χ1n) is 7.66. The Morgan fingerprint density at radius 2 is 1.52 bits per heavy atom. The second-order valence-corrected chi connectivity index (χ2v) is 6.77. The standard InChI is InChI=1S/C20H15FO3S/c1-13-2-11-19(25-13)18(22)12-24-17-9-5-15(6-10-17)20(23)14-3-7-16(21)8-4-14/h2-11H,12H2,1H3. The van der Waals surface area contributed by atoms with E-state index < -0.39 is 0 Å². The average molecular weight is 354 g/mol. The summed E-state index contributed by atoms with van der Waals surface area (Å²) in [6.07, 6.45) is 0. The zero-order valence-electron chi connectivity index (χ0n) is 13.5. The van der Waals surface area contributed by atoms with Crippen LogP contribution >= 0.6 is 11.3 Å². The van der Waals surface area contributed by atoms with Crippen LogP contribution in [0.2, 0.25) is 0 Å². The van der Waals surface area contributed by atoms with Crippen molar-refractivity contribution in [3.63, 3.8) is 0 Å². The number of rotatable bonds is 6. The molecule has 0 saturated heterocycles. The van der Waals surface area contributed by atoms with E-state index in [9.17, 15) is 14.0 Å². The van der Waals surface area contributed by atoms with Crippen molar-refractivity contribution < 1.29 is 18.7 Å². The normalized spacial score (nSPS) is 10.5. The van der Waals surface area contributed by atoms with E-state index in [1.165, 1.54) is 35.6 Å². The molecule has 0 radical (unpaired) electrons. The van der Waals surface area contributed by atoms with Crippen LogP contribution < -0.4 is 4.74 Å². The molecular formula is C20H15FO3S. The van der Waals surface area contributed by atoms with Gasteiger partial charge in [0, 0.05) is 16.0 Å². The van der Waals surface area contributed by atoms with Gasteiger partial charge in [0.05, 0.1) is 4.88 Å². The Labute approximate surface area is 148 Å². The summed E-state index contributed by atoms with van der Waals surface area (Å²) in [7, 11) is 0. The molecule has 0 bridgehead atoms. The Morgan fingerprint density at radius 1 is 0.920 bits per heavy atom. The van der Waals surface area contributed by atoms with Gasteiger partial charge in [-0.1, -0.05) is 0 Å². The van der Waals surface area contributed by atoms with Crippen molar-refractivity contribution in [1.29, 1.82) is 0 Å². The van der Waals surface area contributed by atoms with Gasteiger partial charge in [-0.3, -0.25) is 9.59 Å². The molecule has 1 heterocycles. The molecule has 0 unspecified atom stereocenters. The van der Waals surface area contributed by atoms with Crippen LogP contribution in [0.3, 0.4) is 0 Å². The number of carbonyl (C=O) groups excluding carboxylic acids is 2. The van der Waals surface area contributed by atoms with Crippen LogP contribution in [0.4, 0.5) is 4.39 Å². The van der Waals surface area contributed by atoms with Gasteiger partial charge >= 0.3 is 0 Å². The maximum Gasteiger partial charge on any atom is 0.210 e. The van der Waals surface area contributed by atoms with Gasteiger partial charge in [-0.25, -0.2) is 4.39 Å². The summed E-state index contributed by atoms with van der Waals surface area (Å²) in [6.45, 7) is 1.89. The smallest absolute Gasteiger partial charge is 0.210 e. The van der Waals surface area contributed by atoms with Gasteiger partial charge in [0.1, 0.15) is 11.6 Å². The molecular weight excluding hydrogens is 339 g/mol. The van der Waals surface area contributed by atoms with E-state index in [-0.39, 0.29) is 24.0 Å². The molecule has 5 heteroatoms. The molecule has 1 aromatic heterocycles. The van der Waals surface area contributed by atoms with Gasteiger partial charge in [0.2, 0.25) is 5.78 Å². The molecule has 0 N–H and O–H groups in total. The van der Waals surface area contributed by atoms with Crippen molar-refractivity contribution in [2.75, 3.05) is 6.61 Å². The molecule has 0 spiro atoms. The fourth-order valence-electron chi connectivity index (χ4n) is 2.27. The van der Waals surface area contributed by atoms with Gasteiger partial charge in [0.25, 0.3) is 0 Å². The Morgan fingerprint density at radius 3 is 2.08 bits per heavy atom. The number of ketones is 2. The molecule has 0 aliphatic rings. The number of ether oxygens (including phenoxy) is 1. The highest BCUT2D eigenvalue weighted by Gasteiger charge is 2.11. The Kier molecular flexibility index (Phi) is 5.05. The number of benzene rings is 2. The number of carbonyl (C=O) groups is 2. The van der Waals surface area contributed by atoms with Crippen molar-refractivity contribution in [2.45, 2.75) is 6.92 Å². The van der Waals surface area contributed by atoms with Crippen molar-refractivity contribution in [3.05, 3.63) is 87.4 Å². The molecule has 3 aromatic rings. The number of Topliss-reactive ketones (excluding diaryl/α,β-unsaturated/α-hetero) is 1. The minimum atomic E-state index is -0.383. The summed E-state index contributed by atoms with van der Waals surface area (Å²) < 4.78 is 18.4. The first kappa shape index (κ1) is 17.0. The van der Waals surface area contributed by atoms with E-state index in [0.717, 1.165) is 4.88 Å². The summed E-state index contributed by atoms with van der Waals surface area (Å²) in [5, 5.41) is 0.